The van der Waals surface area contributed by atoms with Gasteiger partial charge >= 0.3 is 0 Å². The normalized spacial score (nSPS) is 26.0. The number of aliphatic hydroxyl groups is 2. The minimum atomic E-state index is -1.37. The Hall–Kier alpha value is -1.55. The van der Waals surface area contributed by atoms with Crippen molar-refractivity contribution in [2.24, 2.45) is 17.6 Å². The van der Waals surface area contributed by atoms with Crippen LogP contribution in [-0.2, 0) is 16.0 Å². The number of aliphatic hydroxyl groups excluding tert-OH is 1. The van der Waals surface area contributed by atoms with E-state index in [-0.39, 0.29) is 25.2 Å². The van der Waals surface area contributed by atoms with Crippen LogP contribution < -0.4 is 11.2 Å². The highest BCUT2D eigenvalue weighted by atomic mass is 32.1. The summed E-state index contributed by atoms with van der Waals surface area (Å²) < 4.78 is 0. The first-order valence-corrected chi connectivity index (χ1v) is 9.30. The Morgan fingerprint density at radius 1 is 1.44 bits per heavy atom. The number of primary amides is 1. The minimum absolute atomic E-state index is 0.0221. The van der Waals surface area contributed by atoms with E-state index in [4.69, 9.17) is 10.9 Å². The van der Waals surface area contributed by atoms with Crippen LogP contribution >= 0.6 is 11.3 Å². The number of rotatable bonds is 8. The highest BCUT2D eigenvalue weighted by Crippen LogP contribution is 2.39. The van der Waals surface area contributed by atoms with Gasteiger partial charge < -0.3 is 15.9 Å². The molecule has 2 atom stereocenters. The summed E-state index contributed by atoms with van der Waals surface area (Å²) in [6, 6.07) is 0. The molecule has 1 saturated carbocycles. The van der Waals surface area contributed by atoms with Gasteiger partial charge in [-0.25, -0.2) is 10.5 Å². The second-order valence-electron chi connectivity index (χ2n) is 6.72. The van der Waals surface area contributed by atoms with Gasteiger partial charge in [0.15, 0.2) is 0 Å². The lowest BCUT2D eigenvalue weighted by Crippen LogP contribution is -2.50. The van der Waals surface area contributed by atoms with Gasteiger partial charge in [-0.3, -0.25) is 14.8 Å². The average molecular weight is 371 g/mol. The summed E-state index contributed by atoms with van der Waals surface area (Å²) in [6.07, 6.45) is 1.39. The third-order valence-electron chi connectivity index (χ3n) is 5.05. The first-order valence-electron chi connectivity index (χ1n) is 8.36. The van der Waals surface area contributed by atoms with Crippen molar-refractivity contribution in [3.63, 3.8) is 0 Å². The number of aryl methyl sites for hydroxylation is 1. The van der Waals surface area contributed by atoms with Gasteiger partial charge in [0.1, 0.15) is 0 Å². The quantitative estimate of drug-likeness (QED) is 0.329. The maximum absolute atomic E-state index is 12.1. The molecule has 6 N–H and O–H groups in total. The standard InChI is InChI=1S/C16H25N3O5S/c17-14(21)10-3-5-16(23,6-4-10)13(15(22)19-24)7-12(20)2-1-11-8-25-9-18-11/h8-10,12-13,20,23-24H,1-7H2,(H2,17,21)(H,19,22). The van der Waals surface area contributed by atoms with E-state index in [1.165, 1.54) is 11.3 Å². The molecule has 1 aromatic rings. The first-order chi connectivity index (χ1) is 11.9. The lowest BCUT2D eigenvalue weighted by atomic mass is 9.70. The van der Waals surface area contributed by atoms with Crippen LogP contribution in [0.25, 0.3) is 0 Å². The number of nitrogens with zero attached hydrogens (tertiary/aromatic N) is 1. The van der Waals surface area contributed by atoms with Crippen molar-refractivity contribution >= 4 is 23.2 Å². The smallest absolute Gasteiger partial charge is 0.249 e. The van der Waals surface area contributed by atoms with Gasteiger partial charge in [-0.1, -0.05) is 0 Å². The summed E-state index contributed by atoms with van der Waals surface area (Å²) in [5.41, 5.74) is 8.09. The molecule has 1 aliphatic rings. The molecule has 2 rings (SSSR count). The van der Waals surface area contributed by atoms with E-state index in [1.54, 1.807) is 11.0 Å². The van der Waals surface area contributed by atoms with Crippen molar-refractivity contribution in [3.8, 4) is 0 Å². The Labute approximate surface area is 150 Å². The van der Waals surface area contributed by atoms with Crippen molar-refractivity contribution in [2.45, 2.75) is 56.7 Å². The minimum Gasteiger partial charge on any atom is -0.393 e. The lowest BCUT2D eigenvalue weighted by molar-refractivity contribution is -0.150. The second kappa shape index (κ2) is 8.70. The fourth-order valence-corrected chi connectivity index (χ4v) is 4.06. The van der Waals surface area contributed by atoms with E-state index in [0.717, 1.165) is 5.69 Å². The molecule has 1 heterocycles. The number of aromatic nitrogens is 1. The molecule has 0 aliphatic heterocycles. The molecule has 25 heavy (non-hydrogen) atoms. The SMILES string of the molecule is NC(=O)C1CCC(O)(C(CC(O)CCc2cscn2)C(=O)NO)CC1. The molecule has 1 aromatic heterocycles. The predicted molar refractivity (Wildman–Crippen MR) is 90.6 cm³/mol. The number of hydrogen-bond donors (Lipinski definition) is 5. The van der Waals surface area contributed by atoms with E-state index < -0.39 is 29.4 Å². The number of nitrogens with two attached hydrogens (primary N) is 1. The summed E-state index contributed by atoms with van der Waals surface area (Å²) in [4.78, 5) is 27.5. The van der Waals surface area contributed by atoms with E-state index in [9.17, 15) is 19.8 Å². The summed E-state index contributed by atoms with van der Waals surface area (Å²) in [5, 5.41) is 32.1. The van der Waals surface area contributed by atoms with E-state index in [0.29, 0.717) is 25.7 Å². The molecular weight excluding hydrogens is 346 g/mol. The third kappa shape index (κ3) is 5.21. The fourth-order valence-electron chi connectivity index (χ4n) is 3.46. The number of carbonyl (C=O) groups excluding carboxylic acids is 2. The fraction of sp³-hybridized carbons (Fsp3) is 0.688. The number of carbonyl (C=O) groups is 2. The summed E-state index contributed by atoms with van der Waals surface area (Å²) in [7, 11) is 0. The van der Waals surface area contributed by atoms with E-state index in [2.05, 4.69) is 4.98 Å². The molecular formula is C16H25N3O5S. The van der Waals surface area contributed by atoms with Crippen LogP contribution in [0.15, 0.2) is 10.9 Å². The molecule has 0 aromatic carbocycles. The van der Waals surface area contributed by atoms with Gasteiger partial charge in [0.2, 0.25) is 11.8 Å². The zero-order valence-corrected chi connectivity index (χ0v) is 14.7. The summed E-state index contributed by atoms with van der Waals surface area (Å²) >= 11 is 1.47. The van der Waals surface area contributed by atoms with Crippen LogP contribution in [0.1, 0.15) is 44.2 Å². The Morgan fingerprint density at radius 2 is 2.12 bits per heavy atom. The average Bonchev–Trinajstić information content (AvgIpc) is 3.11. The highest BCUT2D eigenvalue weighted by Gasteiger charge is 2.45. The van der Waals surface area contributed by atoms with Crippen LogP contribution in [0.3, 0.4) is 0 Å². The van der Waals surface area contributed by atoms with Gasteiger partial charge in [0.05, 0.1) is 28.8 Å². The van der Waals surface area contributed by atoms with Crippen molar-refractivity contribution in [3.05, 3.63) is 16.6 Å². The van der Waals surface area contributed by atoms with Gasteiger partial charge in [0.25, 0.3) is 0 Å². The Balaban J connectivity index is 1.98. The van der Waals surface area contributed by atoms with Gasteiger partial charge in [-0.15, -0.1) is 11.3 Å². The maximum Gasteiger partial charge on any atom is 0.249 e. The van der Waals surface area contributed by atoms with Crippen LogP contribution in [-0.4, -0.2) is 43.9 Å². The van der Waals surface area contributed by atoms with Gasteiger partial charge in [-0.2, -0.15) is 0 Å². The molecule has 2 amide bonds. The van der Waals surface area contributed by atoms with Crippen molar-refractivity contribution in [2.75, 3.05) is 0 Å². The second-order valence-corrected chi connectivity index (χ2v) is 7.44. The topological polar surface area (TPSA) is 146 Å². The predicted octanol–water partition coefficient (Wildman–Crippen LogP) is 0.355. The summed E-state index contributed by atoms with van der Waals surface area (Å²) in [5.74, 6) is -2.41. The molecule has 8 nitrogen and oxygen atoms in total. The number of nitrogens with one attached hydrogen (secondary N) is 1. The molecule has 1 aliphatic carbocycles. The number of thiazole rings is 1. The number of hydroxylamine groups is 1. The van der Waals surface area contributed by atoms with Gasteiger partial charge in [0, 0.05) is 11.3 Å². The van der Waals surface area contributed by atoms with Crippen molar-refractivity contribution in [1.82, 2.24) is 10.5 Å². The van der Waals surface area contributed by atoms with Crippen LogP contribution in [0.4, 0.5) is 0 Å². The largest absolute Gasteiger partial charge is 0.393 e. The molecule has 0 saturated heterocycles. The van der Waals surface area contributed by atoms with Crippen LogP contribution in [0, 0.1) is 11.8 Å². The first kappa shape index (κ1) is 19.8. The van der Waals surface area contributed by atoms with E-state index in [1.807, 2.05) is 5.38 Å². The Kier molecular flexibility index (Phi) is 6.88. The molecule has 0 radical (unpaired) electrons. The van der Waals surface area contributed by atoms with Crippen LogP contribution in [0.5, 0.6) is 0 Å². The monoisotopic (exact) mass is 371 g/mol. The summed E-state index contributed by atoms with van der Waals surface area (Å²) in [6.45, 7) is 0. The highest BCUT2D eigenvalue weighted by molar-refractivity contribution is 7.07. The van der Waals surface area contributed by atoms with E-state index >= 15 is 0 Å². The Morgan fingerprint density at radius 3 is 2.64 bits per heavy atom. The van der Waals surface area contributed by atoms with Gasteiger partial charge in [-0.05, 0) is 44.9 Å². The maximum atomic E-state index is 12.1. The molecule has 140 valence electrons. The molecule has 1 fully saturated rings. The molecule has 9 heteroatoms. The Bertz CT molecular complexity index is 572. The zero-order chi connectivity index (χ0) is 18.4. The zero-order valence-electron chi connectivity index (χ0n) is 13.9. The van der Waals surface area contributed by atoms with Crippen molar-refractivity contribution < 1.29 is 25.0 Å². The number of amides is 2. The molecule has 0 bridgehead atoms. The van der Waals surface area contributed by atoms with Crippen LogP contribution in [0.2, 0.25) is 0 Å². The molecule has 2 unspecified atom stereocenters. The number of hydrogen-bond acceptors (Lipinski definition) is 7. The van der Waals surface area contributed by atoms with Crippen molar-refractivity contribution in [1.29, 1.82) is 0 Å². The third-order valence-corrected chi connectivity index (χ3v) is 5.69. The molecule has 0 spiro atoms. The lowest BCUT2D eigenvalue weighted by Gasteiger charge is -2.40.